The second kappa shape index (κ2) is 11.8. The van der Waals surface area contributed by atoms with E-state index in [9.17, 15) is 14.7 Å². The third-order valence-electron chi connectivity index (χ3n) is 4.23. The lowest BCUT2D eigenvalue weighted by Crippen LogP contribution is -2.52. The molecule has 1 rings (SSSR count). The van der Waals surface area contributed by atoms with Crippen molar-refractivity contribution in [2.24, 2.45) is 5.92 Å². The van der Waals surface area contributed by atoms with Crippen molar-refractivity contribution in [3.8, 4) is 0 Å². The number of amides is 1. The maximum atomic E-state index is 12.3. The van der Waals surface area contributed by atoms with E-state index in [1.165, 1.54) is 7.11 Å². The fourth-order valence-electron chi connectivity index (χ4n) is 2.89. The monoisotopic (exact) mass is 408 g/mol. The molecule has 0 heterocycles. The summed E-state index contributed by atoms with van der Waals surface area (Å²) >= 11 is 0. The highest BCUT2D eigenvalue weighted by molar-refractivity contribution is 5.75. The molecule has 3 N–H and O–H groups in total. The van der Waals surface area contributed by atoms with Crippen LogP contribution in [0.3, 0.4) is 0 Å². The van der Waals surface area contributed by atoms with Crippen LogP contribution in [0.5, 0.6) is 0 Å². The van der Waals surface area contributed by atoms with Crippen LogP contribution < -0.4 is 10.6 Å². The van der Waals surface area contributed by atoms with Crippen molar-refractivity contribution in [2.75, 3.05) is 13.7 Å². The minimum absolute atomic E-state index is 0.125. The summed E-state index contributed by atoms with van der Waals surface area (Å²) in [5, 5.41) is 16.6. The van der Waals surface area contributed by atoms with E-state index in [0.29, 0.717) is 12.8 Å². The second-order valence-electron chi connectivity index (χ2n) is 8.62. The van der Waals surface area contributed by atoms with Gasteiger partial charge in [-0.3, -0.25) is 4.79 Å². The summed E-state index contributed by atoms with van der Waals surface area (Å²) in [6.45, 7) is 9.49. The number of ether oxygens (including phenoxy) is 2. The Morgan fingerprint density at radius 1 is 1.14 bits per heavy atom. The first-order valence-corrected chi connectivity index (χ1v) is 10.0. The second-order valence-corrected chi connectivity index (χ2v) is 8.62. The molecule has 0 saturated carbocycles. The molecular weight excluding hydrogens is 372 g/mol. The number of aliphatic hydroxyl groups is 1. The molecule has 29 heavy (non-hydrogen) atoms. The molecule has 0 aliphatic heterocycles. The summed E-state index contributed by atoms with van der Waals surface area (Å²) in [6.07, 6.45) is -0.510. The molecule has 7 heteroatoms. The molecule has 0 aliphatic carbocycles. The van der Waals surface area contributed by atoms with Crippen molar-refractivity contribution >= 4 is 12.1 Å². The lowest BCUT2D eigenvalue weighted by molar-refractivity contribution is -0.143. The largest absolute Gasteiger partial charge is 0.468 e. The van der Waals surface area contributed by atoms with Gasteiger partial charge in [0.25, 0.3) is 0 Å². The summed E-state index contributed by atoms with van der Waals surface area (Å²) in [5.41, 5.74) is 0.331. The molecule has 0 spiro atoms. The molecule has 0 aliphatic rings. The number of hydrogen-bond donors (Lipinski definition) is 3. The van der Waals surface area contributed by atoms with Crippen LogP contribution >= 0.6 is 0 Å². The number of rotatable bonds is 10. The predicted octanol–water partition coefficient (Wildman–Crippen LogP) is 2.66. The number of hydrogen-bond acceptors (Lipinski definition) is 6. The van der Waals surface area contributed by atoms with Crippen LogP contribution in [-0.2, 0) is 20.7 Å². The molecule has 0 unspecified atom stereocenters. The quantitative estimate of drug-likeness (QED) is 0.515. The van der Waals surface area contributed by atoms with E-state index in [0.717, 1.165) is 5.56 Å². The Balaban J connectivity index is 2.83. The predicted molar refractivity (Wildman–Crippen MR) is 113 cm³/mol. The molecule has 1 aromatic carbocycles. The fraction of sp³-hybridized carbons (Fsp3) is 0.636. The Bertz CT molecular complexity index is 628. The fourth-order valence-corrected chi connectivity index (χ4v) is 2.89. The number of methoxy groups -OCH3 is 1. The highest BCUT2D eigenvalue weighted by Crippen LogP contribution is 2.11. The average molecular weight is 409 g/mol. The van der Waals surface area contributed by atoms with Crippen LogP contribution in [0.1, 0.15) is 46.6 Å². The Morgan fingerprint density at radius 3 is 2.28 bits per heavy atom. The van der Waals surface area contributed by atoms with E-state index in [4.69, 9.17) is 9.47 Å². The smallest absolute Gasteiger partial charge is 0.407 e. The summed E-state index contributed by atoms with van der Waals surface area (Å²) in [4.78, 5) is 24.3. The molecular formula is C22H36N2O5. The maximum absolute atomic E-state index is 12.3. The summed E-state index contributed by atoms with van der Waals surface area (Å²) in [5.74, 6) is -0.0886. The summed E-state index contributed by atoms with van der Waals surface area (Å²) in [6, 6.07) is 8.47. The van der Waals surface area contributed by atoms with E-state index in [1.807, 2.05) is 44.2 Å². The third kappa shape index (κ3) is 10.3. The number of carbonyl (C=O) groups excluding carboxylic acids is 2. The van der Waals surface area contributed by atoms with Gasteiger partial charge in [0, 0.05) is 6.54 Å². The first-order valence-electron chi connectivity index (χ1n) is 10.0. The zero-order chi connectivity index (χ0) is 22.0. The van der Waals surface area contributed by atoms with Crippen LogP contribution in [-0.4, -0.2) is 54.6 Å². The van der Waals surface area contributed by atoms with E-state index in [-0.39, 0.29) is 18.4 Å². The number of alkyl carbamates (subject to hydrolysis) is 1. The minimum atomic E-state index is -0.929. The van der Waals surface area contributed by atoms with Crippen LogP contribution in [0, 0.1) is 5.92 Å². The molecule has 7 nitrogen and oxygen atoms in total. The van der Waals surface area contributed by atoms with Crippen LogP contribution in [0.2, 0.25) is 0 Å². The molecule has 164 valence electrons. The van der Waals surface area contributed by atoms with Gasteiger partial charge in [-0.25, -0.2) is 4.79 Å². The van der Waals surface area contributed by atoms with Gasteiger partial charge in [-0.1, -0.05) is 44.2 Å². The van der Waals surface area contributed by atoms with Crippen LogP contribution in [0.4, 0.5) is 4.79 Å². The highest BCUT2D eigenvalue weighted by Gasteiger charge is 2.27. The van der Waals surface area contributed by atoms with Gasteiger partial charge in [0.2, 0.25) is 0 Å². The molecule has 0 aromatic heterocycles. The van der Waals surface area contributed by atoms with E-state index in [2.05, 4.69) is 10.6 Å². The van der Waals surface area contributed by atoms with Gasteiger partial charge in [-0.05, 0) is 45.1 Å². The number of aliphatic hydroxyl groups excluding tert-OH is 1. The van der Waals surface area contributed by atoms with Gasteiger partial charge in [-0.15, -0.1) is 0 Å². The molecule has 1 aromatic rings. The van der Waals surface area contributed by atoms with Gasteiger partial charge < -0.3 is 25.2 Å². The number of carbonyl (C=O) groups is 2. The minimum Gasteiger partial charge on any atom is -0.468 e. The van der Waals surface area contributed by atoms with Crippen LogP contribution in [0.25, 0.3) is 0 Å². The molecule has 0 radical (unpaired) electrons. The zero-order valence-corrected chi connectivity index (χ0v) is 18.4. The van der Waals surface area contributed by atoms with Gasteiger partial charge in [0.15, 0.2) is 0 Å². The van der Waals surface area contributed by atoms with Crippen molar-refractivity contribution in [3.63, 3.8) is 0 Å². The molecule has 0 fully saturated rings. The highest BCUT2D eigenvalue weighted by atomic mass is 16.6. The van der Waals surface area contributed by atoms with Gasteiger partial charge in [0.05, 0.1) is 19.3 Å². The summed E-state index contributed by atoms with van der Waals surface area (Å²) in [7, 11) is 1.34. The number of benzene rings is 1. The summed E-state index contributed by atoms with van der Waals surface area (Å²) < 4.78 is 10.2. The third-order valence-corrected chi connectivity index (χ3v) is 4.23. The normalized spacial score (nSPS) is 14.8. The Kier molecular flexibility index (Phi) is 10.1. The van der Waals surface area contributed by atoms with Crippen molar-refractivity contribution in [3.05, 3.63) is 35.9 Å². The van der Waals surface area contributed by atoms with Gasteiger partial charge in [0.1, 0.15) is 11.6 Å². The topological polar surface area (TPSA) is 96.9 Å². The maximum Gasteiger partial charge on any atom is 0.407 e. The van der Waals surface area contributed by atoms with Crippen molar-refractivity contribution in [2.45, 2.75) is 71.2 Å². The Hall–Kier alpha value is -2.12. The van der Waals surface area contributed by atoms with Crippen molar-refractivity contribution in [1.29, 1.82) is 0 Å². The van der Waals surface area contributed by atoms with Crippen molar-refractivity contribution in [1.82, 2.24) is 10.6 Å². The Labute approximate surface area is 174 Å². The number of nitrogens with one attached hydrogen (secondary N) is 2. The standard InChI is InChI=1S/C22H36N2O5/c1-15(2)12-18(20(26)28-6)23-14-19(25)17(13-16-10-8-7-9-11-16)24-21(27)29-22(3,4)5/h7-11,15,17-19,23,25H,12-14H2,1-6H3,(H,24,27)/t17-,18-,19-/m0/s1. The average Bonchev–Trinajstić information content (AvgIpc) is 2.62. The molecule has 1 amide bonds. The van der Waals surface area contributed by atoms with E-state index in [1.54, 1.807) is 20.8 Å². The van der Waals surface area contributed by atoms with Gasteiger partial charge in [-0.2, -0.15) is 0 Å². The molecule has 3 atom stereocenters. The Morgan fingerprint density at radius 2 is 1.76 bits per heavy atom. The first-order chi connectivity index (χ1) is 13.5. The zero-order valence-electron chi connectivity index (χ0n) is 18.4. The lowest BCUT2D eigenvalue weighted by atomic mass is 10.00. The number of esters is 1. The SMILES string of the molecule is COC(=O)[C@H](CC(C)C)NC[C@H](O)[C@H](Cc1ccccc1)NC(=O)OC(C)(C)C. The van der Waals surface area contributed by atoms with E-state index >= 15 is 0 Å². The molecule has 0 saturated heterocycles. The van der Waals surface area contributed by atoms with E-state index < -0.39 is 29.9 Å². The lowest BCUT2D eigenvalue weighted by Gasteiger charge is -2.28. The molecule has 0 bridgehead atoms. The van der Waals surface area contributed by atoms with Gasteiger partial charge >= 0.3 is 12.1 Å². The van der Waals surface area contributed by atoms with Crippen molar-refractivity contribution < 1.29 is 24.2 Å². The first kappa shape index (κ1) is 24.9. The van der Waals surface area contributed by atoms with Crippen LogP contribution in [0.15, 0.2) is 30.3 Å².